The van der Waals surface area contributed by atoms with Crippen LogP contribution >= 0.6 is 0 Å². The van der Waals surface area contributed by atoms with Crippen molar-refractivity contribution in [2.24, 2.45) is 17.8 Å². The Kier molecular flexibility index (Phi) is 2.15. The van der Waals surface area contributed by atoms with E-state index in [-0.39, 0.29) is 5.78 Å². The van der Waals surface area contributed by atoms with Gasteiger partial charge in [-0.2, -0.15) is 0 Å². The summed E-state index contributed by atoms with van der Waals surface area (Å²) < 4.78 is 5.14. The first-order valence-electron chi connectivity index (χ1n) is 5.89. The van der Waals surface area contributed by atoms with Crippen LogP contribution in [0, 0.1) is 17.8 Å². The molecule has 2 fully saturated rings. The average molecular weight is 204 g/mol. The standard InChI is InChI=1S/C13H16O2/c14-12(13-2-1-5-15-13)8-11-7-9-3-4-10(11)6-9/h1-2,5,9-11H,3-4,6-8H2. The van der Waals surface area contributed by atoms with Crippen LogP contribution < -0.4 is 0 Å². The largest absolute Gasteiger partial charge is 0.461 e. The zero-order valence-corrected chi connectivity index (χ0v) is 8.82. The van der Waals surface area contributed by atoms with Gasteiger partial charge >= 0.3 is 0 Å². The molecular formula is C13H16O2. The highest BCUT2D eigenvalue weighted by atomic mass is 16.3. The Balaban J connectivity index is 1.64. The zero-order valence-electron chi connectivity index (χ0n) is 8.82. The lowest BCUT2D eigenvalue weighted by Crippen LogP contribution is -2.14. The van der Waals surface area contributed by atoms with Crippen molar-refractivity contribution in [3.8, 4) is 0 Å². The van der Waals surface area contributed by atoms with E-state index in [4.69, 9.17) is 4.42 Å². The monoisotopic (exact) mass is 204 g/mol. The summed E-state index contributed by atoms with van der Waals surface area (Å²) in [5.41, 5.74) is 0. The molecule has 3 rings (SSSR count). The van der Waals surface area contributed by atoms with Crippen LogP contribution in [0.2, 0.25) is 0 Å². The Morgan fingerprint density at radius 3 is 2.93 bits per heavy atom. The third kappa shape index (κ3) is 1.62. The fraction of sp³-hybridized carbons (Fsp3) is 0.615. The molecule has 1 aromatic heterocycles. The quantitative estimate of drug-likeness (QED) is 0.707. The third-order valence-electron chi connectivity index (χ3n) is 4.13. The van der Waals surface area contributed by atoms with E-state index in [1.165, 1.54) is 25.7 Å². The molecule has 0 spiro atoms. The van der Waals surface area contributed by atoms with Gasteiger partial charge in [-0.05, 0) is 49.1 Å². The Morgan fingerprint density at radius 2 is 2.33 bits per heavy atom. The van der Waals surface area contributed by atoms with Gasteiger partial charge in [0.15, 0.2) is 11.5 Å². The first-order valence-corrected chi connectivity index (χ1v) is 5.89. The van der Waals surface area contributed by atoms with Gasteiger partial charge in [-0.25, -0.2) is 0 Å². The molecule has 2 aliphatic rings. The molecule has 1 aromatic rings. The van der Waals surface area contributed by atoms with E-state index in [0.717, 1.165) is 11.8 Å². The van der Waals surface area contributed by atoms with Gasteiger partial charge in [-0.15, -0.1) is 0 Å². The van der Waals surface area contributed by atoms with Gasteiger partial charge in [0.05, 0.1) is 6.26 Å². The molecule has 0 aliphatic heterocycles. The summed E-state index contributed by atoms with van der Waals surface area (Å²) in [6.45, 7) is 0. The second-order valence-corrected chi connectivity index (χ2v) is 5.04. The van der Waals surface area contributed by atoms with Gasteiger partial charge in [-0.1, -0.05) is 6.42 Å². The van der Waals surface area contributed by atoms with Crippen molar-refractivity contribution in [1.29, 1.82) is 0 Å². The summed E-state index contributed by atoms with van der Waals surface area (Å²) >= 11 is 0. The van der Waals surface area contributed by atoms with Crippen molar-refractivity contribution in [2.45, 2.75) is 32.1 Å². The average Bonchev–Trinajstić information content (AvgIpc) is 2.95. The second-order valence-electron chi connectivity index (χ2n) is 5.04. The third-order valence-corrected chi connectivity index (χ3v) is 4.13. The Labute approximate surface area is 89.7 Å². The number of Topliss-reactive ketones (excluding diaryl/α,β-unsaturated/α-hetero) is 1. The number of ketones is 1. The molecule has 3 atom stereocenters. The number of carbonyl (C=O) groups is 1. The molecule has 0 saturated heterocycles. The number of carbonyl (C=O) groups excluding carboxylic acids is 1. The SMILES string of the molecule is O=C(CC1CC2CCC1C2)c1ccco1. The molecule has 2 bridgehead atoms. The fourth-order valence-corrected chi connectivity index (χ4v) is 3.40. The van der Waals surface area contributed by atoms with Crippen molar-refractivity contribution in [2.75, 3.05) is 0 Å². The van der Waals surface area contributed by atoms with Gasteiger partial charge < -0.3 is 4.42 Å². The molecule has 0 amide bonds. The van der Waals surface area contributed by atoms with Crippen LogP contribution in [0.25, 0.3) is 0 Å². The smallest absolute Gasteiger partial charge is 0.198 e. The van der Waals surface area contributed by atoms with Gasteiger partial charge in [-0.3, -0.25) is 4.79 Å². The molecule has 1 heterocycles. The molecule has 0 N–H and O–H groups in total. The first kappa shape index (κ1) is 9.20. The molecule has 2 aliphatic carbocycles. The van der Waals surface area contributed by atoms with E-state index in [9.17, 15) is 4.79 Å². The lowest BCUT2D eigenvalue weighted by atomic mass is 9.85. The molecule has 15 heavy (non-hydrogen) atoms. The summed E-state index contributed by atoms with van der Waals surface area (Å²) in [6.07, 6.45) is 7.67. The lowest BCUT2D eigenvalue weighted by molar-refractivity contribution is 0.0917. The summed E-state index contributed by atoms with van der Waals surface area (Å²) in [6, 6.07) is 3.56. The van der Waals surface area contributed by atoms with E-state index in [0.29, 0.717) is 18.1 Å². The Hall–Kier alpha value is -1.05. The number of furan rings is 1. The van der Waals surface area contributed by atoms with Crippen LogP contribution in [-0.2, 0) is 0 Å². The summed E-state index contributed by atoms with van der Waals surface area (Å²) in [7, 11) is 0. The lowest BCUT2D eigenvalue weighted by Gasteiger charge is -2.20. The fourth-order valence-electron chi connectivity index (χ4n) is 3.40. The summed E-state index contributed by atoms with van der Waals surface area (Å²) in [4.78, 5) is 11.8. The highest BCUT2D eigenvalue weighted by Crippen LogP contribution is 2.49. The minimum Gasteiger partial charge on any atom is -0.461 e. The van der Waals surface area contributed by atoms with Crippen molar-refractivity contribution in [1.82, 2.24) is 0 Å². The highest BCUT2D eigenvalue weighted by Gasteiger charge is 2.40. The predicted molar refractivity (Wildman–Crippen MR) is 56.6 cm³/mol. The molecule has 2 saturated carbocycles. The van der Waals surface area contributed by atoms with Crippen molar-refractivity contribution < 1.29 is 9.21 Å². The van der Waals surface area contributed by atoms with E-state index in [2.05, 4.69) is 0 Å². The first-order chi connectivity index (χ1) is 7.33. The van der Waals surface area contributed by atoms with Crippen molar-refractivity contribution in [3.63, 3.8) is 0 Å². The zero-order chi connectivity index (χ0) is 10.3. The van der Waals surface area contributed by atoms with Crippen LogP contribution in [0.5, 0.6) is 0 Å². The van der Waals surface area contributed by atoms with Gasteiger partial charge in [0.25, 0.3) is 0 Å². The van der Waals surface area contributed by atoms with E-state index < -0.39 is 0 Å². The molecule has 80 valence electrons. The van der Waals surface area contributed by atoms with Gasteiger partial charge in [0, 0.05) is 6.42 Å². The number of fused-ring (bicyclic) bond motifs is 2. The van der Waals surface area contributed by atoms with Crippen molar-refractivity contribution in [3.05, 3.63) is 24.2 Å². The Morgan fingerprint density at radius 1 is 1.40 bits per heavy atom. The van der Waals surface area contributed by atoms with Crippen molar-refractivity contribution >= 4 is 5.78 Å². The maximum atomic E-state index is 11.8. The highest BCUT2D eigenvalue weighted by molar-refractivity contribution is 5.93. The van der Waals surface area contributed by atoms with Crippen LogP contribution in [0.3, 0.4) is 0 Å². The topological polar surface area (TPSA) is 30.2 Å². The number of hydrogen-bond donors (Lipinski definition) is 0. The van der Waals surface area contributed by atoms with E-state index in [1.807, 2.05) is 0 Å². The minimum absolute atomic E-state index is 0.192. The molecule has 2 heteroatoms. The molecule has 0 aromatic carbocycles. The normalized spacial score (nSPS) is 33.5. The Bertz CT molecular complexity index is 353. The van der Waals surface area contributed by atoms with E-state index in [1.54, 1.807) is 18.4 Å². The molecule has 3 unspecified atom stereocenters. The maximum Gasteiger partial charge on any atom is 0.198 e. The maximum absolute atomic E-state index is 11.8. The molecular weight excluding hydrogens is 188 g/mol. The molecule has 2 nitrogen and oxygen atoms in total. The second kappa shape index (κ2) is 3.51. The number of hydrogen-bond acceptors (Lipinski definition) is 2. The van der Waals surface area contributed by atoms with Gasteiger partial charge in [0.1, 0.15) is 0 Å². The van der Waals surface area contributed by atoms with Crippen LogP contribution in [0.15, 0.2) is 22.8 Å². The van der Waals surface area contributed by atoms with E-state index >= 15 is 0 Å². The predicted octanol–water partition coefficient (Wildman–Crippen LogP) is 3.29. The number of rotatable bonds is 3. The van der Waals surface area contributed by atoms with Crippen LogP contribution in [0.1, 0.15) is 42.7 Å². The van der Waals surface area contributed by atoms with Crippen LogP contribution in [-0.4, -0.2) is 5.78 Å². The minimum atomic E-state index is 0.192. The summed E-state index contributed by atoms with van der Waals surface area (Å²) in [5.74, 6) is 3.12. The summed E-state index contributed by atoms with van der Waals surface area (Å²) in [5, 5.41) is 0. The molecule has 0 radical (unpaired) electrons. The van der Waals surface area contributed by atoms with Gasteiger partial charge in [0.2, 0.25) is 0 Å². The van der Waals surface area contributed by atoms with Crippen LogP contribution in [0.4, 0.5) is 0 Å².